The number of hydrogen-bond donors (Lipinski definition) is 4. The number of benzene rings is 1. The molecule has 20 heavy (non-hydrogen) atoms. The maximum Gasteiger partial charge on any atom is 0.312 e. The summed E-state index contributed by atoms with van der Waals surface area (Å²) in [4.78, 5) is 22.5. The average molecular weight is 279 g/mol. The highest BCUT2D eigenvalue weighted by Crippen LogP contribution is 2.06. The molecule has 0 saturated heterocycles. The summed E-state index contributed by atoms with van der Waals surface area (Å²) in [5, 5.41) is 14.5. The Morgan fingerprint density at radius 2 is 1.85 bits per heavy atom. The Hall–Kier alpha value is -2.08. The van der Waals surface area contributed by atoms with Crippen LogP contribution in [0.15, 0.2) is 24.3 Å². The number of urea groups is 1. The van der Waals surface area contributed by atoms with Gasteiger partial charge in [0.25, 0.3) is 5.91 Å². The van der Waals surface area contributed by atoms with Crippen LogP contribution in [-0.4, -0.2) is 29.2 Å². The number of nitrogens with two attached hydrogens (primary N) is 1. The first-order valence-corrected chi connectivity index (χ1v) is 6.49. The molecule has 6 heteroatoms. The van der Waals surface area contributed by atoms with Gasteiger partial charge in [0, 0.05) is 18.2 Å². The number of carbonyl (C=O) groups excluding carboxylic acids is 2. The number of carbonyl (C=O) groups is 2. The van der Waals surface area contributed by atoms with E-state index in [0.29, 0.717) is 18.5 Å². The van der Waals surface area contributed by atoms with Gasteiger partial charge in [-0.2, -0.15) is 0 Å². The maximum atomic E-state index is 11.9. The van der Waals surface area contributed by atoms with Gasteiger partial charge in [-0.05, 0) is 38.0 Å². The summed E-state index contributed by atoms with van der Waals surface area (Å²) in [5.41, 5.74) is 6.37. The molecule has 0 heterocycles. The first kappa shape index (κ1) is 16.0. The highest BCUT2D eigenvalue weighted by atomic mass is 16.3. The van der Waals surface area contributed by atoms with Crippen LogP contribution in [0.5, 0.6) is 0 Å². The highest BCUT2D eigenvalue weighted by Gasteiger charge is 2.11. The van der Waals surface area contributed by atoms with Gasteiger partial charge in [0.05, 0.1) is 6.10 Å². The molecule has 0 fully saturated rings. The van der Waals surface area contributed by atoms with Crippen LogP contribution in [0.4, 0.5) is 4.79 Å². The van der Waals surface area contributed by atoms with Crippen molar-refractivity contribution in [3.8, 4) is 0 Å². The van der Waals surface area contributed by atoms with Gasteiger partial charge >= 0.3 is 6.03 Å². The van der Waals surface area contributed by atoms with Gasteiger partial charge in [-0.3, -0.25) is 4.79 Å². The van der Waals surface area contributed by atoms with Crippen molar-refractivity contribution in [2.45, 2.75) is 39.0 Å². The molecule has 110 valence electrons. The van der Waals surface area contributed by atoms with Gasteiger partial charge in [0.1, 0.15) is 0 Å². The summed E-state index contributed by atoms with van der Waals surface area (Å²) in [6.07, 6.45) is 0.0550. The smallest absolute Gasteiger partial charge is 0.312 e. The fourth-order valence-corrected chi connectivity index (χ4v) is 1.84. The van der Waals surface area contributed by atoms with Crippen molar-refractivity contribution in [2.75, 3.05) is 0 Å². The lowest BCUT2D eigenvalue weighted by Crippen LogP contribution is -2.34. The molecule has 2 atom stereocenters. The number of hydrogen-bond acceptors (Lipinski definition) is 3. The molecule has 6 nitrogen and oxygen atoms in total. The highest BCUT2D eigenvalue weighted by molar-refractivity contribution is 5.94. The van der Waals surface area contributed by atoms with Crippen LogP contribution in [0, 0.1) is 0 Å². The zero-order valence-electron chi connectivity index (χ0n) is 11.7. The average Bonchev–Trinajstić information content (AvgIpc) is 2.35. The van der Waals surface area contributed by atoms with E-state index in [1.165, 1.54) is 0 Å². The van der Waals surface area contributed by atoms with E-state index >= 15 is 0 Å². The number of aliphatic hydroxyl groups is 1. The fraction of sp³-hybridized carbons (Fsp3) is 0.429. The second kappa shape index (κ2) is 7.49. The van der Waals surface area contributed by atoms with Crippen LogP contribution in [0.3, 0.4) is 0 Å². The Bertz CT molecular complexity index is 457. The van der Waals surface area contributed by atoms with Gasteiger partial charge < -0.3 is 21.5 Å². The van der Waals surface area contributed by atoms with Gasteiger partial charge in [-0.25, -0.2) is 4.79 Å². The van der Waals surface area contributed by atoms with Crippen molar-refractivity contribution in [2.24, 2.45) is 5.73 Å². The summed E-state index contributed by atoms with van der Waals surface area (Å²) in [7, 11) is 0. The molecular formula is C14H21N3O3. The van der Waals surface area contributed by atoms with E-state index in [9.17, 15) is 14.7 Å². The molecular weight excluding hydrogens is 258 g/mol. The van der Waals surface area contributed by atoms with E-state index in [1.54, 1.807) is 31.2 Å². The summed E-state index contributed by atoms with van der Waals surface area (Å²) in [6, 6.07) is 6.19. The topological polar surface area (TPSA) is 104 Å². The van der Waals surface area contributed by atoms with Crippen LogP contribution in [0.1, 0.15) is 36.2 Å². The minimum atomic E-state index is -0.584. The minimum absolute atomic E-state index is 0.0984. The van der Waals surface area contributed by atoms with Crippen molar-refractivity contribution < 1.29 is 14.7 Å². The van der Waals surface area contributed by atoms with E-state index in [-0.39, 0.29) is 11.9 Å². The summed E-state index contributed by atoms with van der Waals surface area (Å²) in [6.45, 7) is 3.86. The molecule has 0 aliphatic rings. The number of aliphatic hydroxyl groups excluding tert-OH is 1. The molecule has 0 radical (unpaired) electrons. The third-order valence-corrected chi connectivity index (χ3v) is 2.76. The third kappa shape index (κ3) is 5.71. The SMILES string of the molecule is CC(O)CC(C)NC(=O)c1ccc(CNC(N)=O)cc1. The Balaban J connectivity index is 2.55. The monoisotopic (exact) mass is 279 g/mol. The van der Waals surface area contributed by atoms with Gasteiger partial charge in [-0.15, -0.1) is 0 Å². The second-order valence-electron chi connectivity index (χ2n) is 4.87. The Morgan fingerprint density at radius 1 is 1.25 bits per heavy atom. The van der Waals surface area contributed by atoms with E-state index < -0.39 is 12.1 Å². The second-order valence-corrected chi connectivity index (χ2v) is 4.87. The molecule has 3 amide bonds. The van der Waals surface area contributed by atoms with Gasteiger partial charge in [-0.1, -0.05) is 12.1 Å². The Kier molecular flexibility index (Phi) is 5.99. The van der Waals surface area contributed by atoms with Crippen molar-refractivity contribution in [1.29, 1.82) is 0 Å². The van der Waals surface area contributed by atoms with E-state index in [2.05, 4.69) is 10.6 Å². The normalized spacial score (nSPS) is 13.3. The number of nitrogens with one attached hydrogen (secondary N) is 2. The molecule has 0 bridgehead atoms. The van der Waals surface area contributed by atoms with Crippen LogP contribution < -0.4 is 16.4 Å². The van der Waals surface area contributed by atoms with Crippen molar-refractivity contribution in [3.05, 3.63) is 35.4 Å². The van der Waals surface area contributed by atoms with Crippen molar-refractivity contribution >= 4 is 11.9 Å². The van der Waals surface area contributed by atoms with Crippen molar-refractivity contribution in [3.63, 3.8) is 0 Å². The van der Waals surface area contributed by atoms with Crippen LogP contribution in [0.2, 0.25) is 0 Å². The van der Waals surface area contributed by atoms with Crippen LogP contribution in [0.25, 0.3) is 0 Å². The summed E-state index contributed by atoms with van der Waals surface area (Å²) < 4.78 is 0. The van der Waals surface area contributed by atoms with E-state index in [1.807, 2.05) is 6.92 Å². The summed E-state index contributed by atoms with van der Waals surface area (Å²) in [5.74, 6) is -0.187. The lowest BCUT2D eigenvalue weighted by molar-refractivity contribution is 0.0923. The molecule has 0 spiro atoms. The molecule has 0 aliphatic heterocycles. The zero-order chi connectivity index (χ0) is 15.1. The maximum absolute atomic E-state index is 11.9. The Labute approximate surface area is 118 Å². The van der Waals surface area contributed by atoms with E-state index in [4.69, 9.17) is 5.73 Å². The van der Waals surface area contributed by atoms with Crippen LogP contribution >= 0.6 is 0 Å². The summed E-state index contributed by atoms with van der Waals surface area (Å²) >= 11 is 0. The molecule has 5 N–H and O–H groups in total. The first-order chi connectivity index (χ1) is 9.38. The minimum Gasteiger partial charge on any atom is -0.393 e. The lowest BCUT2D eigenvalue weighted by atomic mass is 10.1. The number of rotatable bonds is 6. The van der Waals surface area contributed by atoms with E-state index in [0.717, 1.165) is 5.56 Å². The molecule has 0 aliphatic carbocycles. The molecule has 1 aromatic carbocycles. The van der Waals surface area contributed by atoms with Crippen molar-refractivity contribution in [1.82, 2.24) is 10.6 Å². The first-order valence-electron chi connectivity index (χ1n) is 6.49. The predicted molar refractivity (Wildman–Crippen MR) is 76.1 cm³/mol. The predicted octanol–water partition coefficient (Wildman–Crippen LogP) is 0.744. The lowest BCUT2D eigenvalue weighted by Gasteiger charge is -2.15. The standard InChI is InChI=1S/C14H21N3O3/c1-9(7-10(2)18)17-13(19)12-5-3-11(4-6-12)8-16-14(15)20/h3-6,9-10,18H,7-8H2,1-2H3,(H,17,19)(H3,15,16,20). The number of primary amides is 1. The number of amides is 3. The molecule has 1 rings (SSSR count). The van der Waals surface area contributed by atoms with Crippen LogP contribution in [-0.2, 0) is 6.54 Å². The quantitative estimate of drug-likeness (QED) is 0.617. The molecule has 2 unspecified atom stereocenters. The fourth-order valence-electron chi connectivity index (χ4n) is 1.84. The largest absolute Gasteiger partial charge is 0.393 e. The Morgan fingerprint density at radius 3 is 2.35 bits per heavy atom. The zero-order valence-corrected chi connectivity index (χ0v) is 11.7. The molecule has 1 aromatic rings. The van der Waals surface area contributed by atoms with Gasteiger partial charge in [0.15, 0.2) is 0 Å². The molecule has 0 aromatic heterocycles. The van der Waals surface area contributed by atoms with Gasteiger partial charge in [0.2, 0.25) is 0 Å². The third-order valence-electron chi connectivity index (χ3n) is 2.76. The molecule has 0 saturated carbocycles.